The smallest absolute Gasteiger partial charge is 0.0682 e. The molecule has 3 heteroatoms. The Kier molecular flexibility index (Phi) is 2.83. The molecule has 1 unspecified atom stereocenters. The van der Waals surface area contributed by atoms with E-state index in [1.54, 1.807) is 0 Å². The van der Waals surface area contributed by atoms with Gasteiger partial charge in [0.15, 0.2) is 0 Å². The Morgan fingerprint density at radius 3 is 2.73 bits per heavy atom. The van der Waals surface area contributed by atoms with Gasteiger partial charge in [0.1, 0.15) is 0 Å². The summed E-state index contributed by atoms with van der Waals surface area (Å²) in [6, 6.07) is 10.3. The fraction of sp³-hybridized carbons (Fsp3) is 0.250. The fourth-order valence-corrected chi connectivity index (χ4v) is 1.67. The number of hydrogen-bond acceptors (Lipinski definition) is 2. The first-order chi connectivity index (χ1) is 7.27. The van der Waals surface area contributed by atoms with E-state index in [0.717, 1.165) is 17.7 Å². The molecule has 1 heterocycles. The van der Waals surface area contributed by atoms with Crippen LogP contribution < -0.4 is 5.73 Å². The van der Waals surface area contributed by atoms with E-state index in [1.807, 2.05) is 31.3 Å². The van der Waals surface area contributed by atoms with Crippen LogP contribution in [-0.2, 0) is 6.42 Å². The maximum absolute atomic E-state index is 5.79. The largest absolute Gasteiger partial charge is 0.328 e. The number of nitrogens with one attached hydrogen (secondary N) is 1. The molecule has 3 N–H and O–H groups in total. The maximum atomic E-state index is 5.79. The van der Waals surface area contributed by atoms with Crippen LogP contribution in [0, 0.1) is 0 Å². The molecule has 78 valence electrons. The minimum Gasteiger partial charge on any atom is -0.328 e. The van der Waals surface area contributed by atoms with Crippen LogP contribution in [0.3, 0.4) is 0 Å². The van der Waals surface area contributed by atoms with Crippen molar-refractivity contribution >= 4 is 0 Å². The molecule has 0 aliphatic carbocycles. The first-order valence-corrected chi connectivity index (χ1v) is 5.10. The third kappa shape index (κ3) is 2.25. The number of aromatic nitrogens is 2. The molecule has 0 radical (unpaired) electrons. The van der Waals surface area contributed by atoms with Gasteiger partial charge in [-0.3, -0.25) is 5.10 Å². The highest BCUT2D eigenvalue weighted by molar-refractivity contribution is 5.62. The Hall–Kier alpha value is -1.61. The fourth-order valence-electron chi connectivity index (χ4n) is 1.67. The molecular formula is C12H15N3. The second-order valence-electron chi connectivity index (χ2n) is 3.82. The van der Waals surface area contributed by atoms with Crippen molar-refractivity contribution in [1.82, 2.24) is 10.2 Å². The van der Waals surface area contributed by atoms with Crippen molar-refractivity contribution in [1.29, 1.82) is 0 Å². The van der Waals surface area contributed by atoms with E-state index >= 15 is 0 Å². The average molecular weight is 201 g/mol. The molecule has 2 aromatic rings. The molecule has 15 heavy (non-hydrogen) atoms. The molecule has 1 aromatic carbocycles. The molecule has 0 aliphatic rings. The number of rotatable bonds is 3. The Labute approximate surface area is 89.3 Å². The number of aromatic amines is 1. The molecule has 0 aliphatic heterocycles. The van der Waals surface area contributed by atoms with E-state index in [4.69, 9.17) is 5.73 Å². The summed E-state index contributed by atoms with van der Waals surface area (Å²) >= 11 is 0. The van der Waals surface area contributed by atoms with Gasteiger partial charge < -0.3 is 5.73 Å². The highest BCUT2D eigenvalue weighted by Crippen LogP contribution is 2.21. The molecule has 1 atom stereocenters. The second-order valence-corrected chi connectivity index (χ2v) is 3.82. The third-order valence-electron chi connectivity index (χ3n) is 2.32. The van der Waals surface area contributed by atoms with Crippen molar-refractivity contribution in [2.24, 2.45) is 5.73 Å². The molecule has 0 fully saturated rings. The summed E-state index contributed by atoms with van der Waals surface area (Å²) in [5.41, 5.74) is 9.20. The summed E-state index contributed by atoms with van der Waals surface area (Å²) < 4.78 is 0. The zero-order valence-electron chi connectivity index (χ0n) is 8.77. The van der Waals surface area contributed by atoms with Crippen LogP contribution in [0.25, 0.3) is 11.3 Å². The minimum atomic E-state index is 0.157. The van der Waals surface area contributed by atoms with Gasteiger partial charge in [-0.25, -0.2) is 0 Å². The van der Waals surface area contributed by atoms with Gasteiger partial charge in [0, 0.05) is 6.04 Å². The number of nitrogens with two attached hydrogens (primary N) is 1. The normalized spacial score (nSPS) is 12.7. The first kappa shape index (κ1) is 9.93. The van der Waals surface area contributed by atoms with Gasteiger partial charge >= 0.3 is 0 Å². The van der Waals surface area contributed by atoms with Gasteiger partial charge in [-0.15, -0.1) is 0 Å². The topological polar surface area (TPSA) is 54.7 Å². The van der Waals surface area contributed by atoms with Gasteiger partial charge in [0.2, 0.25) is 0 Å². The van der Waals surface area contributed by atoms with E-state index in [-0.39, 0.29) is 6.04 Å². The van der Waals surface area contributed by atoms with E-state index in [2.05, 4.69) is 22.3 Å². The Morgan fingerprint density at radius 1 is 1.33 bits per heavy atom. The Balaban J connectivity index is 2.33. The quantitative estimate of drug-likeness (QED) is 0.797. The van der Waals surface area contributed by atoms with Crippen molar-refractivity contribution in [2.75, 3.05) is 0 Å². The first-order valence-electron chi connectivity index (χ1n) is 5.10. The number of hydrogen-bond donors (Lipinski definition) is 2. The lowest BCUT2D eigenvalue weighted by atomic mass is 10.0. The molecule has 2 rings (SSSR count). The molecule has 0 saturated heterocycles. The van der Waals surface area contributed by atoms with Crippen LogP contribution in [0.2, 0.25) is 0 Å². The molecule has 0 amide bonds. The van der Waals surface area contributed by atoms with E-state index in [9.17, 15) is 0 Å². The van der Waals surface area contributed by atoms with Crippen molar-refractivity contribution in [3.05, 3.63) is 42.1 Å². The average Bonchev–Trinajstić information content (AvgIpc) is 2.66. The van der Waals surface area contributed by atoms with Gasteiger partial charge in [-0.2, -0.15) is 5.10 Å². The van der Waals surface area contributed by atoms with Crippen LogP contribution in [0.15, 0.2) is 36.5 Å². The summed E-state index contributed by atoms with van der Waals surface area (Å²) in [7, 11) is 0. The second kappa shape index (κ2) is 4.28. The predicted molar refractivity (Wildman–Crippen MR) is 61.4 cm³/mol. The van der Waals surface area contributed by atoms with Crippen LogP contribution in [0.1, 0.15) is 12.5 Å². The lowest BCUT2D eigenvalue weighted by Crippen LogP contribution is -2.17. The molecule has 0 saturated carbocycles. The molecule has 0 spiro atoms. The Bertz CT molecular complexity index is 417. The molecule has 0 bridgehead atoms. The van der Waals surface area contributed by atoms with Crippen molar-refractivity contribution in [2.45, 2.75) is 19.4 Å². The third-order valence-corrected chi connectivity index (χ3v) is 2.32. The predicted octanol–water partition coefficient (Wildman–Crippen LogP) is 1.97. The lowest BCUT2D eigenvalue weighted by Gasteiger charge is -2.05. The van der Waals surface area contributed by atoms with Crippen LogP contribution in [0.4, 0.5) is 0 Å². The summed E-state index contributed by atoms with van der Waals surface area (Å²) in [5, 5.41) is 7.09. The zero-order chi connectivity index (χ0) is 10.7. The minimum absolute atomic E-state index is 0.157. The van der Waals surface area contributed by atoms with Gasteiger partial charge in [-0.1, -0.05) is 30.3 Å². The van der Waals surface area contributed by atoms with Crippen molar-refractivity contribution < 1.29 is 0 Å². The Morgan fingerprint density at radius 2 is 2.07 bits per heavy atom. The summed E-state index contributed by atoms with van der Waals surface area (Å²) in [6.07, 6.45) is 2.70. The summed E-state index contributed by atoms with van der Waals surface area (Å²) in [6.45, 7) is 2.00. The number of H-pyrrole nitrogens is 1. The van der Waals surface area contributed by atoms with E-state index < -0.39 is 0 Å². The zero-order valence-corrected chi connectivity index (χ0v) is 8.77. The molecular weight excluding hydrogens is 186 g/mol. The number of nitrogens with zero attached hydrogens (tertiary/aromatic N) is 1. The highest BCUT2D eigenvalue weighted by atomic mass is 15.1. The van der Waals surface area contributed by atoms with Crippen molar-refractivity contribution in [3.8, 4) is 11.3 Å². The van der Waals surface area contributed by atoms with Crippen LogP contribution >= 0.6 is 0 Å². The maximum Gasteiger partial charge on any atom is 0.0682 e. The van der Waals surface area contributed by atoms with Gasteiger partial charge in [0.05, 0.1) is 11.9 Å². The van der Waals surface area contributed by atoms with E-state index in [1.165, 1.54) is 5.56 Å². The van der Waals surface area contributed by atoms with E-state index in [0.29, 0.717) is 0 Å². The molecule has 3 nitrogen and oxygen atoms in total. The standard InChI is InChI=1S/C12H15N3/c1-9(13)7-11-8-14-15-12(11)10-5-3-2-4-6-10/h2-6,8-9H,7,13H2,1H3,(H,14,15). The van der Waals surface area contributed by atoms with Crippen LogP contribution in [0.5, 0.6) is 0 Å². The summed E-state index contributed by atoms with van der Waals surface area (Å²) in [5.74, 6) is 0. The van der Waals surface area contributed by atoms with Gasteiger partial charge in [-0.05, 0) is 24.5 Å². The monoisotopic (exact) mass is 201 g/mol. The molecule has 1 aromatic heterocycles. The summed E-state index contributed by atoms with van der Waals surface area (Å²) in [4.78, 5) is 0. The van der Waals surface area contributed by atoms with Gasteiger partial charge in [0.25, 0.3) is 0 Å². The SMILES string of the molecule is CC(N)Cc1cn[nH]c1-c1ccccc1. The number of benzene rings is 1. The van der Waals surface area contributed by atoms with Crippen molar-refractivity contribution in [3.63, 3.8) is 0 Å². The highest BCUT2D eigenvalue weighted by Gasteiger charge is 2.08. The van der Waals surface area contributed by atoms with Crippen LogP contribution in [-0.4, -0.2) is 16.2 Å². The lowest BCUT2D eigenvalue weighted by molar-refractivity contribution is 0.739.